The highest BCUT2D eigenvalue weighted by Gasteiger charge is 2.31. The van der Waals surface area contributed by atoms with E-state index in [-0.39, 0.29) is 0 Å². The quantitative estimate of drug-likeness (QED) is 0.621. The van der Waals surface area contributed by atoms with E-state index in [4.69, 9.17) is 0 Å². The van der Waals surface area contributed by atoms with Crippen molar-refractivity contribution in [3.63, 3.8) is 0 Å². The van der Waals surface area contributed by atoms with Crippen LogP contribution in [0.25, 0.3) is 0 Å². The molecule has 0 aliphatic heterocycles. The minimum absolute atomic E-state index is 0.848. The van der Waals surface area contributed by atoms with Crippen LogP contribution in [0.3, 0.4) is 0 Å². The van der Waals surface area contributed by atoms with Crippen LogP contribution >= 0.6 is 0 Å². The SMILES string of the molecule is NC(=O)CC(=O)CC(F)(F)F. The zero-order chi connectivity index (χ0) is 9.07. The molecular weight excluding hydrogens is 163 g/mol. The highest BCUT2D eigenvalue weighted by Crippen LogP contribution is 2.20. The lowest BCUT2D eigenvalue weighted by Gasteiger charge is -2.02. The number of hydrogen-bond donors (Lipinski definition) is 1. The Morgan fingerprint density at radius 1 is 1.27 bits per heavy atom. The van der Waals surface area contributed by atoms with Crippen LogP contribution in [-0.4, -0.2) is 17.9 Å². The fraction of sp³-hybridized carbons (Fsp3) is 0.600. The number of carbonyl (C=O) groups is 2. The number of Topliss-reactive ketones (excluding diaryl/α,β-unsaturated/α-hetero) is 1. The van der Waals surface area contributed by atoms with Crippen LogP contribution in [0.15, 0.2) is 0 Å². The molecule has 0 fully saturated rings. The monoisotopic (exact) mass is 169 g/mol. The average Bonchev–Trinajstić information content (AvgIpc) is 1.53. The second-order valence-corrected chi connectivity index (χ2v) is 1.97. The Morgan fingerprint density at radius 3 is 2.00 bits per heavy atom. The van der Waals surface area contributed by atoms with Gasteiger partial charge in [-0.2, -0.15) is 13.2 Å². The third-order valence-electron chi connectivity index (χ3n) is 0.769. The van der Waals surface area contributed by atoms with E-state index in [0.29, 0.717) is 0 Å². The molecule has 0 rings (SSSR count). The number of hydrogen-bond acceptors (Lipinski definition) is 2. The maximum Gasteiger partial charge on any atom is 0.395 e. The Labute approximate surface area is 60.4 Å². The highest BCUT2D eigenvalue weighted by atomic mass is 19.4. The van der Waals surface area contributed by atoms with Gasteiger partial charge in [0.25, 0.3) is 0 Å². The first-order valence-electron chi connectivity index (χ1n) is 2.68. The molecule has 2 N–H and O–H groups in total. The predicted octanol–water partition coefficient (Wildman–Crippen LogP) is 0.383. The number of amides is 1. The van der Waals surface area contributed by atoms with E-state index in [1.54, 1.807) is 0 Å². The van der Waals surface area contributed by atoms with Gasteiger partial charge >= 0.3 is 6.18 Å². The lowest BCUT2D eigenvalue weighted by atomic mass is 10.2. The van der Waals surface area contributed by atoms with Crippen molar-refractivity contribution in [3.05, 3.63) is 0 Å². The maximum atomic E-state index is 11.4. The van der Waals surface area contributed by atoms with E-state index in [1.165, 1.54) is 0 Å². The van der Waals surface area contributed by atoms with Crippen molar-refractivity contribution >= 4 is 11.7 Å². The van der Waals surface area contributed by atoms with Gasteiger partial charge in [-0.25, -0.2) is 0 Å². The first kappa shape index (κ1) is 9.93. The molecule has 0 saturated carbocycles. The number of ketones is 1. The molecule has 0 bridgehead atoms. The lowest BCUT2D eigenvalue weighted by molar-refractivity contribution is -0.152. The number of halogens is 3. The number of carbonyl (C=O) groups excluding carboxylic acids is 2. The predicted molar refractivity (Wildman–Crippen MR) is 29.5 cm³/mol. The summed E-state index contributed by atoms with van der Waals surface area (Å²) in [5.74, 6) is -2.25. The van der Waals surface area contributed by atoms with Gasteiger partial charge in [-0.05, 0) is 0 Å². The van der Waals surface area contributed by atoms with Crippen LogP contribution in [0, 0.1) is 0 Å². The highest BCUT2D eigenvalue weighted by molar-refractivity contribution is 5.97. The molecule has 0 aromatic heterocycles. The number of primary amides is 1. The molecule has 64 valence electrons. The van der Waals surface area contributed by atoms with Crippen molar-refractivity contribution in [2.45, 2.75) is 19.0 Å². The molecule has 0 heterocycles. The number of nitrogens with two attached hydrogens (primary N) is 1. The summed E-state index contributed by atoms with van der Waals surface area (Å²) in [4.78, 5) is 20.2. The van der Waals surface area contributed by atoms with E-state index in [2.05, 4.69) is 5.73 Å². The number of rotatable bonds is 3. The Kier molecular flexibility index (Phi) is 3.03. The zero-order valence-electron chi connectivity index (χ0n) is 5.44. The molecule has 0 aliphatic carbocycles. The van der Waals surface area contributed by atoms with E-state index in [9.17, 15) is 22.8 Å². The van der Waals surface area contributed by atoms with Crippen LogP contribution in [0.2, 0.25) is 0 Å². The van der Waals surface area contributed by atoms with Crippen molar-refractivity contribution in [2.75, 3.05) is 0 Å². The molecule has 0 atom stereocenters. The second-order valence-electron chi connectivity index (χ2n) is 1.97. The van der Waals surface area contributed by atoms with Crippen LogP contribution in [0.4, 0.5) is 13.2 Å². The van der Waals surface area contributed by atoms with Crippen LogP contribution < -0.4 is 5.73 Å². The van der Waals surface area contributed by atoms with E-state index >= 15 is 0 Å². The first-order valence-corrected chi connectivity index (χ1v) is 2.68. The molecule has 0 aromatic carbocycles. The van der Waals surface area contributed by atoms with Crippen molar-refractivity contribution in [2.24, 2.45) is 5.73 Å². The normalized spacial score (nSPS) is 11.2. The maximum absolute atomic E-state index is 11.4. The fourth-order valence-corrected chi connectivity index (χ4v) is 0.480. The second kappa shape index (κ2) is 3.36. The molecule has 0 unspecified atom stereocenters. The summed E-state index contributed by atoms with van der Waals surface area (Å²) in [5, 5.41) is 0. The molecule has 11 heavy (non-hydrogen) atoms. The lowest BCUT2D eigenvalue weighted by Crippen LogP contribution is -2.21. The third-order valence-corrected chi connectivity index (χ3v) is 0.769. The van der Waals surface area contributed by atoms with E-state index in [1.807, 2.05) is 0 Å². The third kappa shape index (κ3) is 6.82. The molecule has 0 aromatic rings. The van der Waals surface area contributed by atoms with Crippen molar-refractivity contribution in [3.8, 4) is 0 Å². The summed E-state index contributed by atoms with van der Waals surface area (Å²) in [6.07, 6.45) is -6.98. The molecule has 0 spiro atoms. The summed E-state index contributed by atoms with van der Waals surface area (Å²) in [6, 6.07) is 0. The molecule has 3 nitrogen and oxygen atoms in total. The first-order chi connectivity index (χ1) is 4.81. The fourth-order valence-electron chi connectivity index (χ4n) is 0.480. The smallest absolute Gasteiger partial charge is 0.369 e. The van der Waals surface area contributed by atoms with Gasteiger partial charge in [-0.15, -0.1) is 0 Å². The Bertz CT molecular complexity index is 175. The van der Waals surface area contributed by atoms with Gasteiger partial charge in [0.2, 0.25) is 5.91 Å². The molecular formula is C5H6F3NO2. The minimum atomic E-state index is -4.55. The Balaban J connectivity index is 3.80. The molecule has 0 saturated heterocycles. The molecule has 6 heteroatoms. The topological polar surface area (TPSA) is 60.2 Å². The van der Waals surface area contributed by atoms with Gasteiger partial charge in [0.05, 0.1) is 6.42 Å². The zero-order valence-corrected chi connectivity index (χ0v) is 5.44. The van der Waals surface area contributed by atoms with Gasteiger partial charge in [-0.1, -0.05) is 0 Å². The average molecular weight is 169 g/mol. The van der Waals surface area contributed by atoms with Gasteiger partial charge in [-0.3, -0.25) is 9.59 Å². The Hall–Kier alpha value is -1.07. The van der Waals surface area contributed by atoms with Crippen molar-refractivity contribution in [1.29, 1.82) is 0 Å². The van der Waals surface area contributed by atoms with Crippen molar-refractivity contribution < 1.29 is 22.8 Å². The van der Waals surface area contributed by atoms with Gasteiger partial charge in [0.15, 0.2) is 5.78 Å². The summed E-state index contributed by atoms with van der Waals surface area (Å²) in [7, 11) is 0. The van der Waals surface area contributed by atoms with E-state index < -0.39 is 30.7 Å². The molecule has 0 aliphatic rings. The summed E-state index contributed by atoms with van der Waals surface area (Å²) < 4.78 is 34.2. The number of alkyl halides is 3. The van der Waals surface area contributed by atoms with Crippen LogP contribution in [0.5, 0.6) is 0 Å². The summed E-state index contributed by atoms with van der Waals surface area (Å²) >= 11 is 0. The summed E-state index contributed by atoms with van der Waals surface area (Å²) in [5.41, 5.74) is 4.49. The van der Waals surface area contributed by atoms with Crippen LogP contribution in [-0.2, 0) is 9.59 Å². The van der Waals surface area contributed by atoms with Gasteiger partial charge in [0, 0.05) is 0 Å². The largest absolute Gasteiger partial charge is 0.395 e. The summed E-state index contributed by atoms with van der Waals surface area (Å²) in [6.45, 7) is 0. The van der Waals surface area contributed by atoms with Crippen LogP contribution in [0.1, 0.15) is 12.8 Å². The standard InChI is InChI=1S/C5H6F3NO2/c6-5(7,8)2-3(10)1-4(9)11/h1-2H2,(H2,9,11). The molecule has 0 radical (unpaired) electrons. The van der Waals surface area contributed by atoms with Gasteiger partial charge in [0.1, 0.15) is 6.42 Å². The molecule has 1 amide bonds. The van der Waals surface area contributed by atoms with Crippen molar-refractivity contribution in [1.82, 2.24) is 0 Å². The minimum Gasteiger partial charge on any atom is -0.369 e. The Morgan fingerprint density at radius 2 is 1.73 bits per heavy atom. The van der Waals surface area contributed by atoms with Gasteiger partial charge < -0.3 is 5.73 Å². The van der Waals surface area contributed by atoms with E-state index in [0.717, 1.165) is 0 Å².